The second-order valence-corrected chi connectivity index (χ2v) is 10.6. The summed E-state index contributed by atoms with van der Waals surface area (Å²) < 4.78 is 7.70. The summed E-state index contributed by atoms with van der Waals surface area (Å²) in [4.78, 5) is 22.1. The summed E-state index contributed by atoms with van der Waals surface area (Å²) in [6, 6.07) is 24.7. The summed E-state index contributed by atoms with van der Waals surface area (Å²) in [5.41, 5.74) is 6.12. The van der Waals surface area contributed by atoms with Gasteiger partial charge in [-0.25, -0.2) is 4.98 Å². The van der Waals surface area contributed by atoms with Gasteiger partial charge in [0.25, 0.3) is 0 Å². The predicted molar refractivity (Wildman–Crippen MR) is 156 cm³/mol. The number of piperazine rings is 1. The molecule has 6 rings (SSSR count). The molecule has 0 N–H and O–H groups in total. The number of ether oxygens (including phenoxy) is 1. The van der Waals surface area contributed by atoms with Gasteiger partial charge in [0.2, 0.25) is 11.1 Å². The van der Waals surface area contributed by atoms with Crippen molar-refractivity contribution in [3.05, 3.63) is 83.9 Å². The number of carbonyl (C=O) groups is 1. The maximum Gasteiger partial charge on any atom is 0.233 e. The molecule has 0 bridgehead atoms. The third-order valence-electron chi connectivity index (χ3n) is 7.16. The molecule has 1 fully saturated rings. The molecule has 8 nitrogen and oxygen atoms in total. The molecule has 1 aliphatic rings. The molecular weight excluding hydrogens is 508 g/mol. The first-order valence-corrected chi connectivity index (χ1v) is 14.0. The van der Waals surface area contributed by atoms with Crippen LogP contribution in [0.5, 0.6) is 5.75 Å². The molecule has 3 heterocycles. The minimum absolute atomic E-state index is 0.0867. The van der Waals surface area contributed by atoms with E-state index in [9.17, 15) is 4.79 Å². The van der Waals surface area contributed by atoms with Gasteiger partial charge < -0.3 is 19.1 Å². The second kappa shape index (κ2) is 10.9. The molecular formula is C30H30N6O2S. The molecule has 198 valence electrons. The number of anilines is 1. The van der Waals surface area contributed by atoms with Gasteiger partial charge in [-0.2, -0.15) is 0 Å². The topological polar surface area (TPSA) is 76.4 Å². The van der Waals surface area contributed by atoms with Crippen LogP contribution in [0.2, 0.25) is 0 Å². The Bertz CT molecular complexity index is 1640. The first kappa shape index (κ1) is 25.2. The number of thioether (sulfide) groups is 1. The fraction of sp³-hybridized carbons (Fsp3) is 0.267. The van der Waals surface area contributed by atoms with E-state index in [1.165, 1.54) is 22.9 Å². The van der Waals surface area contributed by atoms with E-state index < -0.39 is 0 Å². The highest BCUT2D eigenvalue weighted by Gasteiger charge is 2.23. The number of methoxy groups -OCH3 is 1. The van der Waals surface area contributed by atoms with Crippen molar-refractivity contribution in [1.29, 1.82) is 0 Å². The van der Waals surface area contributed by atoms with E-state index in [0.29, 0.717) is 24.8 Å². The number of amides is 1. The molecule has 0 spiro atoms. The van der Waals surface area contributed by atoms with Crippen LogP contribution in [0.15, 0.2) is 78.0 Å². The van der Waals surface area contributed by atoms with E-state index in [2.05, 4.69) is 69.1 Å². The summed E-state index contributed by atoms with van der Waals surface area (Å²) in [5.74, 6) is 1.22. The van der Waals surface area contributed by atoms with Crippen molar-refractivity contribution in [3.63, 3.8) is 0 Å². The zero-order valence-corrected chi connectivity index (χ0v) is 22.9. The Hall–Kier alpha value is -4.11. The molecule has 1 amide bonds. The number of hydrogen-bond donors (Lipinski definition) is 0. The van der Waals surface area contributed by atoms with Crippen LogP contribution < -0.4 is 9.64 Å². The Morgan fingerprint density at radius 2 is 1.74 bits per heavy atom. The Balaban J connectivity index is 1.16. The SMILES string of the molecule is COc1ccccc1N1CCN(C(=O)CSc2nnc3c4ccccc4n(Cc4cccc(C)c4)c3n2)CC1. The van der Waals surface area contributed by atoms with E-state index in [0.717, 1.165) is 46.6 Å². The van der Waals surface area contributed by atoms with Gasteiger partial charge in [-0.1, -0.05) is 71.9 Å². The Morgan fingerprint density at radius 3 is 2.56 bits per heavy atom. The van der Waals surface area contributed by atoms with Gasteiger partial charge in [0.1, 0.15) is 11.3 Å². The number of aromatic nitrogens is 4. The molecule has 1 saturated heterocycles. The van der Waals surface area contributed by atoms with Gasteiger partial charge in [-0.15, -0.1) is 10.2 Å². The minimum atomic E-state index is 0.0867. The third kappa shape index (κ3) is 5.14. The third-order valence-corrected chi connectivity index (χ3v) is 7.98. The van der Waals surface area contributed by atoms with Crippen molar-refractivity contribution in [2.24, 2.45) is 0 Å². The fourth-order valence-corrected chi connectivity index (χ4v) is 5.89. The van der Waals surface area contributed by atoms with Crippen molar-refractivity contribution in [2.75, 3.05) is 43.9 Å². The second-order valence-electron chi connectivity index (χ2n) is 9.69. The maximum absolute atomic E-state index is 13.1. The van der Waals surface area contributed by atoms with Gasteiger partial charge in [-0.3, -0.25) is 4.79 Å². The largest absolute Gasteiger partial charge is 0.495 e. The molecule has 0 unspecified atom stereocenters. The Morgan fingerprint density at radius 1 is 0.949 bits per heavy atom. The molecule has 3 aromatic carbocycles. The number of nitrogens with zero attached hydrogens (tertiary/aromatic N) is 6. The quantitative estimate of drug-likeness (QED) is 0.276. The molecule has 1 aliphatic heterocycles. The molecule has 2 aromatic heterocycles. The lowest BCUT2D eigenvalue weighted by Crippen LogP contribution is -2.49. The maximum atomic E-state index is 13.1. The van der Waals surface area contributed by atoms with Crippen LogP contribution in [0.1, 0.15) is 11.1 Å². The normalized spacial score (nSPS) is 13.8. The standard InChI is InChI=1S/C30H30N6O2S/c1-21-8-7-9-22(18-21)19-36-24-11-4-3-10-23(24)28-29(36)31-30(33-32-28)39-20-27(37)35-16-14-34(15-17-35)25-12-5-6-13-26(25)38-2/h3-13,18H,14-17,19-20H2,1-2H3. The lowest BCUT2D eigenvalue weighted by Gasteiger charge is -2.36. The first-order chi connectivity index (χ1) is 19.1. The van der Waals surface area contributed by atoms with Crippen LogP contribution in [0.4, 0.5) is 5.69 Å². The molecule has 5 aromatic rings. The van der Waals surface area contributed by atoms with E-state index in [-0.39, 0.29) is 11.7 Å². The van der Waals surface area contributed by atoms with E-state index >= 15 is 0 Å². The lowest BCUT2D eigenvalue weighted by molar-refractivity contribution is -0.128. The smallest absolute Gasteiger partial charge is 0.233 e. The van der Waals surface area contributed by atoms with Gasteiger partial charge in [0.15, 0.2) is 5.65 Å². The highest BCUT2D eigenvalue weighted by Crippen LogP contribution is 2.30. The van der Waals surface area contributed by atoms with Crippen LogP contribution in [-0.2, 0) is 11.3 Å². The van der Waals surface area contributed by atoms with Gasteiger partial charge in [0, 0.05) is 38.1 Å². The lowest BCUT2D eigenvalue weighted by atomic mass is 10.1. The molecule has 9 heteroatoms. The minimum Gasteiger partial charge on any atom is -0.495 e. The predicted octanol–water partition coefficient (Wildman–Crippen LogP) is 4.79. The van der Waals surface area contributed by atoms with E-state index in [1.54, 1.807) is 7.11 Å². The first-order valence-electron chi connectivity index (χ1n) is 13.1. The molecule has 0 atom stereocenters. The number of rotatable bonds is 7. The van der Waals surface area contributed by atoms with Crippen molar-refractivity contribution in [3.8, 4) is 5.75 Å². The zero-order chi connectivity index (χ0) is 26.8. The van der Waals surface area contributed by atoms with Crippen molar-refractivity contribution in [1.82, 2.24) is 24.6 Å². The van der Waals surface area contributed by atoms with Gasteiger partial charge in [0.05, 0.1) is 24.1 Å². The van der Waals surface area contributed by atoms with Crippen LogP contribution in [0.25, 0.3) is 22.1 Å². The monoisotopic (exact) mass is 538 g/mol. The zero-order valence-electron chi connectivity index (χ0n) is 22.1. The van der Waals surface area contributed by atoms with Crippen molar-refractivity contribution >= 4 is 45.4 Å². The number of aryl methyl sites for hydroxylation is 1. The van der Waals surface area contributed by atoms with Crippen molar-refractivity contribution < 1.29 is 9.53 Å². The fourth-order valence-electron chi connectivity index (χ4n) is 5.21. The average Bonchev–Trinajstić information content (AvgIpc) is 3.28. The van der Waals surface area contributed by atoms with E-state index in [4.69, 9.17) is 9.72 Å². The molecule has 0 saturated carbocycles. The summed E-state index contributed by atoms with van der Waals surface area (Å²) >= 11 is 1.34. The summed E-state index contributed by atoms with van der Waals surface area (Å²) in [6.07, 6.45) is 0. The number of benzene rings is 3. The van der Waals surface area contributed by atoms with Gasteiger partial charge in [-0.05, 0) is 30.7 Å². The van der Waals surface area contributed by atoms with Crippen LogP contribution in [-0.4, -0.2) is 69.6 Å². The summed E-state index contributed by atoms with van der Waals surface area (Å²) in [6.45, 7) is 5.65. The Kier molecular flexibility index (Phi) is 7.06. The Labute approximate surface area is 231 Å². The highest BCUT2D eigenvalue weighted by atomic mass is 32.2. The molecule has 39 heavy (non-hydrogen) atoms. The summed E-state index contributed by atoms with van der Waals surface area (Å²) in [5, 5.41) is 10.5. The molecule has 0 radical (unpaired) electrons. The average molecular weight is 539 g/mol. The van der Waals surface area contributed by atoms with Crippen LogP contribution >= 0.6 is 11.8 Å². The number of hydrogen-bond acceptors (Lipinski definition) is 7. The number of para-hydroxylation sites is 3. The van der Waals surface area contributed by atoms with Crippen LogP contribution in [0.3, 0.4) is 0 Å². The van der Waals surface area contributed by atoms with Crippen molar-refractivity contribution in [2.45, 2.75) is 18.6 Å². The van der Waals surface area contributed by atoms with Crippen LogP contribution in [0, 0.1) is 6.92 Å². The summed E-state index contributed by atoms with van der Waals surface area (Å²) in [7, 11) is 1.69. The van der Waals surface area contributed by atoms with Gasteiger partial charge >= 0.3 is 0 Å². The van der Waals surface area contributed by atoms with E-state index in [1.807, 2.05) is 35.2 Å². The molecule has 0 aliphatic carbocycles. The number of fused-ring (bicyclic) bond motifs is 3. The number of carbonyl (C=O) groups excluding carboxylic acids is 1. The highest BCUT2D eigenvalue weighted by molar-refractivity contribution is 7.99.